The van der Waals surface area contributed by atoms with Gasteiger partial charge in [-0.15, -0.1) is 0 Å². The maximum absolute atomic E-state index is 10.7. The first kappa shape index (κ1) is 17.4. The predicted octanol–water partition coefficient (Wildman–Crippen LogP) is 3.23. The molecule has 0 saturated carbocycles. The van der Waals surface area contributed by atoms with E-state index < -0.39 is 4.92 Å². The number of benzene rings is 2. The molecule has 2 N–H and O–H groups in total. The normalized spacial score (nSPS) is 10.4. The van der Waals surface area contributed by atoms with E-state index >= 15 is 0 Å². The van der Waals surface area contributed by atoms with Crippen LogP contribution in [0, 0.1) is 17.0 Å². The van der Waals surface area contributed by atoms with E-state index in [2.05, 4.69) is 15.8 Å². The molecule has 0 aromatic heterocycles. The van der Waals surface area contributed by atoms with Crippen LogP contribution in [0.1, 0.15) is 11.1 Å². The van der Waals surface area contributed by atoms with Crippen LogP contribution in [0.2, 0.25) is 0 Å². The summed E-state index contributed by atoms with van der Waals surface area (Å²) in [6.45, 7) is 1.96. The highest BCUT2D eigenvalue weighted by Gasteiger charge is 2.05. The lowest BCUT2D eigenvalue weighted by Crippen LogP contribution is -2.24. The van der Waals surface area contributed by atoms with Gasteiger partial charge in [0.05, 0.1) is 23.9 Å². The highest BCUT2D eigenvalue weighted by molar-refractivity contribution is 7.80. The Labute approximate surface area is 144 Å². The van der Waals surface area contributed by atoms with Crippen LogP contribution >= 0.6 is 12.2 Å². The molecular weight excluding hydrogens is 328 g/mol. The van der Waals surface area contributed by atoms with Gasteiger partial charge < -0.3 is 10.1 Å². The number of aryl methyl sites for hydroxylation is 1. The first-order valence-electron chi connectivity index (χ1n) is 6.99. The van der Waals surface area contributed by atoms with Gasteiger partial charge >= 0.3 is 0 Å². The van der Waals surface area contributed by atoms with E-state index in [-0.39, 0.29) is 10.8 Å². The van der Waals surface area contributed by atoms with Crippen LogP contribution in [0.3, 0.4) is 0 Å². The Morgan fingerprint density at radius 3 is 2.83 bits per heavy atom. The molecule has 0 atom stereocenters. The van der Waals surface area contributed by atoms with Gasteiger partial charge in [0.25, 0.3) is 5.69 Å². The third-order valence-corrected chi connectivity index (χ3v) is 3.26. The smallest absolute Gasteiger partial charge is 0.270 e. The minimum absolute atomic E-state index is 0.00384. The van der Waals surface area contributed by atoms with Gasteiger partial charge in [-0.05, 0) is 36.8 Å². The number of nitro benzene ring substituents is 1. The van der Waals surface area contributed by atoms with E-state index in [9.17, 15) is 10.1 Å². The molecule has 0 fully saturated rings. The molecule has 7 nitrogen and oxygen atoms in total. The van der Waals surface area contributed by atoms with Crippen LogP contribution in [0.15, 0.2) is 47.6 Å². The van der Waals surface area contributed by atoms with Gasteiger partial charge in [-0.25, -0.2) is 0 Å². The fraction of sp³-hybridized carbons (Fsp3) is 0.125. The van der Waals surface area contributed by atoms with Gasteiger partial charge in [-0.1, -0.05) is 18.2 Å². The molecule has 0 unspecified atom stereocenters. The number of nitro groups is 1. The lowest BCUT2D eigenvalue weighted by molar-refractivity contribution is -0.384. The molecule has 0 aliphatic rings. The Morgan fingerprint density at radius 1 is 1.33 bits per heavy atom. The van der Waals surface area contributed by atoms with Crippen molar-refractivity contribution in [3.63, 3.8) is 0 Å². The van der Waals surface area contributed by atoms with E-state index in [0.29, 0.717) is 11.3 Å². The number of anilines is 1. The molecule has 2 aromatic carbocycles. The second-order valence-corrected chi connectivity index (χ2v) is 5.29. The minimum Gasteiger partial charge on any atom is -0.495 e. The zero-order valence-corrected chi connectivity index (χ0v) is 14.0. The molecule has 0 amide bonds. The Balaban J connectivity index is 1.99. The number of nitrogens with one attached hydrogen (secondary N) is 2. The van der Waals surface area contributed by atoms with Crippen molar-refractivity contribution >= 4 is 34.9 Å². The van der Waals surface area contributed by atoms with Crippen LogP contribution < -0.4 is 15.5 Å². The summed E-state index contributed by atoms with van der Waals surface area (Å²) in [4.78, 5) is 10.3. The minimum atomic E-state index is -0.457. The second-order valence-electron chi connectivity index (χ2n) is 4.88. The standard InChI is InChI=1S/C16H16N4O3S/c1-11-6-7-15(23-2)14(8-11)18-16(24)19-17-10-12-4-3-5-13(9-12)20(21)22/h3-10H,1-2H3,(H2,18,19,24). The molecule has 2 rings (SSSR count). The highest BCUT2D eigenvalue weighted by Crippen LogP contribution is 2.24. The average molecular weight is 344 g/mol. The number of nitrogens with zero attached hydrogens (tertiary/aromatic N) is 2. The SMILES string of the molecule is COc1ccc(C)cc1NC(=S)NN=Cc1cccc([N+](=O)[O-])c1. The molecule has 0 saturated heterocycles. The molecule has 24 heavy (non-hydrogen) atoms. The van der Waals surface area contributed by atoms with Crippen LogP contribution in [-0.2, 0) is 0 Å². The number of methoxy groups -OCH3 is 1. The van der Waals surface area contributed by atoms with Gasteiger partial charge in [-0.3, -0.25) is 15.5 Å². The number of hydrazone groups is 1. The van der Waals surface area contributed by atoms with Crippen LogP contribution in [-0.4, -0.2) is 23.4 Å². The van der Waals surface area contributed by atoms with Crippen molar-refractivity contribution in [3.8, 4) is 5.75 Å². The third-order valence-electron chi connectivity index (χ3n) is 3.06. The first-order valence-corrected chi connectivity index (χ1v) is 7.39. The summed E-state index contributed by atoms with van der Waals surface area (Å²) in [5.41, 5.74) is 5.04. The Bertz CT molecular complexity index is 793. The molecule has 0 aliphatic heterocycles. The van der Waals surface area contributed by atoms with Crippen LogP contribution in [0.25, 0.3) is 0 Å². The average Bonchev–Trinajstić information content (AvgIpc) is 2.55. The van der Waals surface area contributed by atoms with E-state index in [1.54, 1.807) is 19.2 Å². The summed E-state index contributed by atoms with van der Waals surface area (Å²) in [6, 6.07) is 11.8. The molecule has 2 aromatic rings. The molecule has 0 spiro atoms. The molecule has 0 heterocycles. The topological polar surface area (TPSA) is 88.8 Å². The zero-order valence-electron chi connectivity index (χ0n) is 13.1. The first-order chi connectivity index (χ1) is 11.5. The maximum atomic E-state index is 10.7. The number of non-ortho nitro benzene ring substituents is 1. The molecule has 0 bridgehead atoms. The monoisotopic (exact) mass is 344 g/mol. The Morgan fingerprint density at radius 2 is 2.12 bits per heavy atom. The van der Waals surface area contributed by atoms with Gasteiger partial charge in [0.15, 0.2) is 5.11 Å². The van der Waals surface area contributed by atoms with E-state index in [0.717, 1.165) is 11.3 Å². The summed E-state index contributed by atoms with van der Waals surface area (Å²) < 4.78 is 5.26. The van der Waals surface area contributed by atoms with E-state index in [1.807, 2.05) is 25.1 Å². The summed E-state index contributed by atoms with van der Waals surface area (Å²) in [6.07, 6.45) is 1.45. The second kappa shape index (κ2) is 8.02. The molecule has 0 radical (unpaired) electrons. The van der Waals surface area contributed by atoms with Crippen LogP contribution in [0.5, 0.6) is 5.75 Å². The van der Waals surface area contributed by atoms with Crippen molar-refractivity contribution in [2.24, 2.45) is 5.10 Å². The van der Waals surface area contributed by atoms with Gasteiger partial charge in [0.1, 0.15) is 5.75 Å². The van der Waals surface area contributed by atoms with Gasteiger partial charge in [0.2, 0.25) is 0 Å². The van der Waals surface area contributed by atoms with Crippen LogP contribution in [0.4, 0.5) is 11.4 Å². The van der Waals surface area contributed by atoms with Gasteiger partial charge in [-0.2, -0.15) is 5.10 Å². The van der Waals surface area contributed by atoms with E-state index in [1.165, 1.54) is 18.3 Å². The largest absolute Gasteiger partial charge is 0.495 e. The summed E-state index contributed by atoms with van der Waals surface area (Å²) >= 11 is 5.17. The van der Waals surface area contributed by atoms with Crippen molar-refractivity contribution in [3.05, 3.63) is 63.7 Å². The number of ether oxygens (including phenoxy) is 1. The lowest BCUT2D eigenvalue weighted by Gasteiger charge is -2.12. The summed E-state index contributed by atoms with van der Waals surface area (Å²) in [5.74, 6) is 0.660. The zero-order chi connectivity index (χ0) is 17.5. The molecule has 0 aliphatic carbocycles. The van der Waals surface area contributed by atoms with Crippen molar-refractivity contribution in [1.29, 1.82) is 0 Å². The quantitative estimate of drug-likeness (QED) is 0.375. The predicted molar refractivity (Wildman–Crippen MR) is 97.8 cm³/mol. The summed E-state index contributed by atoms with van der Waals surface area (Å²) in [7, 11) is 1.58. The highest BCUT2D eigenvalue weighted by atomic mass is 32.1. The molecule has 124 valence electrons. The number of hydrogen-bond acceptors (Lipinski definition) is 5. The van der Waals surface area contributed by atoms with Crippen molar-refractivity contribution in [1.82, 2.24) is 5.43 Å². The third kappa shape index (κ3) is 4.75. The number of thiocarbonyl (C=S) groups is 1. The van der Waals surface area contributed by atoms with E-state index in [4.69, 9.17) is 17.0 Å². The summed E-state index contributed by atoms with van der Waals surface area (Å²) in [5, 5.41) is 18.0. The Hall–Kier alpha value is -3.00. The maximum Gasteiger partial charge on any atom is 0.270 e. The molecular formula is C16H16N4O3S. The Kier molecular flexibility index (Phi) is 5.80. The van der Waals surface area contributed by atoms with Gasteiger partial charge in [0, 0.05) is 17.7 Å². The van der Waals surface area contributed by atoms with Crippen molar-refractivity contribution < 1.29 is 9.66 Å². The fourth-order valence-electron chi connectivity index (χ4n) is 1.95. The fourth-order valence-corrected chi connectivity index (χ4v) is 2.12. The van der Waals surface area contributed by atoms with Crippen molar-refractivity contribution in [2.75, 3.05) is 12.4 Å². The molecule has 8 heteroatoms. The lowest BCUT2D eigenvalue weighted by atomic mass is 10.2. The number of rotatable bonds is 5. The number of hydrogen-bond donors (Lipinski definition) is 2. The van der Waals surface area contributed by atoms with Crippen molar-refractivity contribution in [2.45, 2.75) is 6.92 Å².